The van der Waals surface area contributed by atoms with Crippen LogP contribution in [-0.4, -0.2) is 49.1 Å². The zero-order valence-electron chi connectivity index (χ0n) is 24.9. The number of likely N-dealkylation sites (tertiary alicyclic amines) is 2. The Kier molecular flexibility index (Phi) is 18.8. The van der Waals surface area contributed by atoms with Crippen molar-refractivity contribution in [3.63, 3.8) is 0 Å². The fourth-order valence-corrected chi connectivity index (χ4v) is 5.79. The van der Waals surface area contributed by atoms with Crippen LogP contribution in [0, 0.1) is 29.6 Å². The fourth-order valence-electron chi connectivity index (χ4n) is 5.79. The fraction of sp³-hybridized carbons (Fsp3) is 1.00. The lowest BCUT2D eigenvalue weighted by Crippen LogP contribution is -2.31. The van der Waals surface area contributed by atoms with Crippen LogP contribution < -0.4 is 0 Å². The van der Waals surface area contributed by atoms with Crippen LogP contribution in [0.3, 0.4) is 0 Å². The van der Waals surface area contributed by atoms with Gasteiger partial charge in [0.1, 0.15) is 0 Å². The maximum atomic E-state index is 2.61. The van der Waals surface area contributed by atoms with Crippen molar-refractivity contribution in [2.24, 2.45) is 29.6 Å². The molecule has 0 radical (unpaired) electrons. The van der Waals surface area contributed by atoms with Crippen molar-refractivity contribution in [1.82, 2.24) is 9.80 Å². The van der Waals surface area contributed by atoms with E-state index in [0.717, 1.165) is 29.6 Å². The van der Waals surface area contributed by atoms with Crippen LogP contribution in [0.15, 0.2) is 0 Å². The molecule has 0 spiro atoms. The van der Waals surface area contributed by atoms with Crippen molar-refractivity contribution in [2.45, 2.75) is 138 Å². The van der Waals surface area contributed by atoms with Crippen LogP contribution in [0.5, 0.6) is 0 Å². The lowest BCUT2D eigenvalue weighted by atomic mass is 9.78. The van der Waals surface area contributed by atoms with Gasteiger partial charge in [-0.3, -0.25) is 0 Å². The summed E-state index contributed by atoms with van der Waals surface area (Å²) in [7, 11) is 0. The van der Waals surface area contributed by atoms with Crippen molar-refractivity contribution in [3.05, 3.63) is 0 Å². The van der Waals surface area contributed by atoms with Crippen LogP contribution in [-0.2, 0) is 0 Å². The maximum absolute atomic E-state index is 2.61. The average Bonchev–Trinajstić information content (AvgIpc) is 2.84. The minimum atomic E-state index is 0.872. The molecule has 1 saturated carbocycles. The van der Waals surface area contributed by atoms with Gasteiger partial charge in [0.15, 0.2) is 0 Å². The Balaban J connectivity index is 0.000000255. The molecule has 2 nitrogen and oxygen atoms in total. The number of piperidine rings is 2. The summed E-state index contributed by atoms with van der Waals surface area (Å²) in [4.78, 5) is 5.23. The molecule has 2 aliphatic heterocycles. The zero-order valence-corrected chi connectivity index (χ0v) is 24.9. The molecule has 0 aromatic rings. The topological polar surface area (TPSA) is 6.48 Å². The van der Waals surface area contributed by atoms with Crippen molar-refractivity contribution in [1.29, 1.82) is 0 Å². The van der Waals surface area contributed by atoms with E-state index >= 15 is 0 Å². The second kappa shape index (κ2) is 20.0. The Bertz CT molecular complexity index is 398. The van der Waals surface area contributed by atoms with Crippen molar-refractivity contribution in [2.75, 3.05) is 39.3 Å². The summed E-state index contributed by atoms with van der Waals surface area (Å²) in [6, 6.07) is 0. The molecule has 2 saturated heterocycles. The third-order valence-corrected chi connectivity index (χ3v) is 8.29. The summed E-state index contributed by atoms with van der Waals surface area (Å²) < 4.78 is 0. The molecular formula is C32H66N2. The van der Waals surface area contributed by atoms with E-state index in [2.05, 4.69) is 58.3 Å². The third-order valence-electron chi connectivity index (χ3n) is 8.29. The Morgan fingerprint density at radius 2 is 0.912 bits per heavy atom. The van der Waals surface area contributed by atoms with Gasteiger partial charge in [0.2, 0.25) is 0 Å². The van der Waals surface area contributed by atoms with E-state index in [1.54, 1.807) is 0 Å². The molecule has 204 valence electrons. The van der Waals surface area contributed by atoms with E-state index in [-0.39, 0.29) is 0 Å². The molecule has 2 heteroatoms. The van der Waals surface area contributed by atoms with Gasteiger partial charge in [-0.1, -0.05) is 93.4 Å². The van der Waals surface area contributed by atoms with E-state index < -0.39 is 0 Å². The summed E-state index contributed by atoms with van der Waals surface area (Å²) in [5, 5.41) is 0. The first-order chi connectivity index (χ1) is 16.3. The molecular weight excluding hydrogens is 412 g/mol. The van der Waals surface area contributed by atoms with Gasteiger partial charge in [-0.15, -0.1) is 0 Å². The molecule has 3 fully saturated rings. The zero-order chi connectivity index (χ0) is 25.2. The van der Waals surface area contributed by atoms with Gasteiger partial charge in [0.05, 0.1) is 0 Å². The largest absolute Gasteiger partial charge is 0.303 e. The Hall–Kier alpha value is -0.0800. The highest BCUT2D eigenvalue weighted by atomic mass is 15.1. The molecule has 0 atom stereocenters. The predicted octanol–water partition coefficient (Wildman–Crippen LogP) is 9.29. The number of rotatable bonds is 9. The third kappa shape index (κ3) is 17.4. The summed E-state index contributed by atoms with van der Waals surface area (Å²) >= 11 is 0. The molecule has 0 amide bonds. The number of hydrogen-bond acceptors (Lipinski definition) is 2. The van der Waals surface area contributed by atoms with Crippen LogP contribution in [0.25, 0.3) is 0 Å². The van der Waals surface area contributed by atoms with Gasteiger partial charge in [0.25, 0.3) is 0 Å². The molecule has 0 N–H and O–H groups in total. The molecule has 3 rings (SSSR count). The molecule has 3 aliphatic rings. The smallest absolute Gasteiger partial charge is 0.00163 e. The quantitative estimate of drug-likeness (QED) is 0.326. The van der Waals surface area contributed by atoms with E-state index in [4.69, 9.17) is 0 Å². The van der Waals surface area contributed by atoms with Gasteiger partial charge in [0, 0.05) is 0 Å². The monoisotopic (exact) mass is 479 g/mol. The Morgan fingerprint density at radius 3 is 1.24 bits per heavy atom. The van der Waals surface area contributed by atoms with Crippen molar-refractivity contribution >= 4 is 0 Å². The van der Waals surface area contributed by atoms with Gasteiger partial charge < -0.3 is 9.80 Å². The van der Waals surface area contributed by atoms with Crippen LogP contribution >= 0.6 is 0 Å². The highest BCUT2D eigenvalue weighted by molar-refractivity contribution is 4.72. The van der Waals surface area contributed by atoms with Crippen LogP contribution in [0.1, 0.15) is 138 Å². The molecule has 0 aromatic heterocycles. The van der Waals surface area contributed by atoms with Gasteiger partial charge >= 0.3 is 0 Å². The van der Waals surface area contributed by atoms with Gasteiger partial charge in [-0.05, 0) is 114 Å². The normalized spacial score (nSPS) is 24.5. The molecule has 0 bridgehead atoms. The lowest BCUT2D eigenvalue weighted by Gasteiger charge is -2.28. The maximum Gasteiger partial charge on any atom is -0.00163 e. The second-order valence-corrected chi connectivity index (χ2v) is 13.1. The minimum absolute atomic E-state index is 0.872. The summed E-state index contributed by atoms with van der Waals surface area (Å²) in [5.41, 5.74) is 0. The summed E-state index contributed by atoms with van der Waals surface area (Å²) in [5.74, 6) is 4.78. The van der Waals surface area contributed by atoms with E-state index in [0.29, 0.717) is 0 Å². The second-order valence-electron chi connectivity index (χ2n) is 13.1. The standard InChI is InChI=1S/C12H24.2C10H21N/c1-4-11-5-7-12(8-6-11)9-10(2)3;2*1-10(2)6-9-11-7-4-3-5-8-11/h10-12H,4-9H2,1-3H3;2*10H,3-9H2,1-2H3. The minimum Gasteiger partial charge on any atom is -0.303 e. The van der Waals surface area contributed by atoms with Gasteiger partial charge in [-0.25, -0.2) is 0 Å². The number of nitrogens with zero attached hydrogens (tertiary/aromatic N) is 2. The van der Waals surface area contributed by atoms with Crippen LogP contribution in [0.2, 0.25) is 0 Å². The Morgan fingerprint density at radius 1 is 0.529 bits per heavy atom. The number of hydrogen-bond donors (Lipinski definition) is 0. The highest BCUT2D eigenvalue weighted by Crippen LogP contribution is 2.33. The highest BCUT2D eigenvalue weighted by Gasteiger charge is 2.20. The SMILES string of the molecule is CC(C)CCN1CCCCC1.CC(C)CCN1CCCCC1.CCC1CCC(CC(C)C)CC1. The van der Waals surface area contributed by atoms with E-state index in [9.17, 15) is 0 Å². The molecule has 0 unspecified atom stereocenters. The van der Waals surface area contributed by atoms with Crippen molar-refractivity contribution < 1.29 is 0 Å². The first kappa shape index (κ1) is 31.9. The van der Waals surface area contributed by atoms with E-state index in [1.807, 2.05) is 0 Å². The van der Waals surface area contributed by atoms with Crippen molar-refractivity contribution in [3.8, 4) is 0 Å². The first-order valence-corrected chi connectivity index (χ1v) is 15.7. The van der Waals surface area contributed by atoms with E-state index in [1.165, 1.54) is 129 Å². The molecule has 2 heterocycles. The first-order valence-electron chi connectivity index (χ1n) is 15.7. The summed E-state index contributed by atoms with van der Waals surface area (Å²) in [6.07, 6.45) is 20.3. The lowest BCUT2D eigenvalue weighted by molar-refractivity contribution is 0.217. The molecule has 0 aromatic carbocycles. The summed E-state index contributed by atoms with van der Waals surface area (Å²) in [6.45, 7) is 24.4. The van der Waals surface area contributed by atoms with Gasteiger partial charge in [-0.2, -0.15) is 0 Å². The Labute approximate surface area is 217 Å². The average molecular weight is 479 g/mol. The molecule has 1 aliphatic carbocycles. The van der Waals surface area contributed by atoms with Crippen LogP contribution in [0.4, 0.5) is 0 Å². The molecule has 34 heavy (non-hydrogen) atoms. The predicted molar refractivity (Wildman–Crippen MR) is 155 cm³/mol.